The van der Waals surface area contributed by atoms with Gasteiger partial charge in [-0.05, 0) is 0 Å². The number of hydrogen-bond donors (Lipinski definition) is 5. The highest BCUT2D eigenvalue weighted by atomic mass is 16.2. The Hall–Kier alpha value is -2.16. The first-order valence-electron chi connectivity index (χ1n) is 5.12. The van der Waals surface area contributed by atoms with Crippen LogP contribution in [0.2, 0.25) is 0 Å². The van der Waals surface area contributed by atoms with Crippen LogP contribution in [0.5, 0.6) is 0 Å². The molecular formula is C9H17N5O4. The molecule has 0 heterocycles. The molecule has 0 bridgehead atoms. The third-order valence-electron chi connectivity index (χ3n) is 2.04. The van der Waals surface area contributed by atoms with E-state index in [-0.39, 0.29) is 12.8 Å². The van der Waals surface area contributed by atoms with Crippen LogP contribution in [0.15, 0.2) is 0 Å². The SMILES string of the molecule is CNC(=O)[C@H](CC(N)=O)NC(=O)[C@@H](N)CC(N)=O. The zero-order chi connectivity index (χ0) is 14.3. The quantitative estimate of drug-likeness (QED) is 0.316. The third kappa shape index (κ3) is 5.80. The van der Waals surface area contributed by atoms with E-state index in [0.29, 0.717) is 0 Å². The Morgan fingerprint density at radius 2 is 1.50 bits per heavy atom. The van der Waals surface area contributed by atoms with Gasteiger partial charge in [-0.3, -0.25) is 19.2 Å². The molecule has 4 amide bonds. The van der Waals surface area contributed by atoms with E-state index in [1.54, 1.807) is 0 Å². The fourth-order valence-corrected chi connectivity index (χ4v) is 1.17. The summed E-state index contributed by atoms with van der Waals surface area (Å²) in [5.41, 5.74) is 15.2. The monoisotopic (exact) mass is 259 g/mol. The van der Waals surface area contributed by atoms with E-state index < -0.39 is 35.7 Å². The van der Waals surface area contributed by atoms with Crippen molar-refractivity contribution in [1.82, 2.24) is 10.6 Å². The van der Waals surface area contributed by atoms with Gasteiger partial charge in [-0.1, -0.05) is 0 Å². The summed E-state index contributed by atoms with van der Waals surface area (Å²) in [6.45, 7) is 0. The summed E-state index contributed by atoms with van der Waals surface area (Å²) in [6, 6.07) is -2.30. The first-order chi connectivity index (χ1) is 8.27. The summed E-state index contributed by atoms with van der Waals surface area (Å²) in [5.74, 6) is -2.85. The molecule has 0 aromatic carbocycles. The summed E-state index contributed by atoms with van der Waals surface area (Å²) in [6.07, 6.45) is -0.725. The van der Waals surface area contributed by atoms with Crippen molar-refractivity contribution in [3.63, 3.8) is 0 Å². The molecule has 0 spiro atoms. The molecule has 102 valence electrons. The second kappa shape index (κ2) is 7.22. The van der Waals surface area contributed by atoms with E-state index in [9.17, 15) is 19.2 Å². The lowest BCUT2D eigenvalue weighted by atomic mass is 10.1. The standard InChI is InChI=1S/C9H17N5O4/c1-13-9(18)5(3-7(12)16)14-8(17)4(10)2-6(11)15/h4-5H,2-3,10H2,1H3,(H2,11,15)(H2,12,16)(H,13,18)(H,14,17)/t4-,5-/m0/s1. The maximum atomic E-state index is 11.5. The molecule has 0 aliphatic rings. The summed E-state index contributed by atoms with van der Waals surface area (Å²) in [4.78, 5) is 44.2. The molecule has 0 unspecified atom stereocenters. The van der Waals surface area contributed by atoms with E-state index in [0.717, 1.165) is 0 Å². The molecule has 0 saturated heterocycles. The molecule has 0 aliphatic heterocycles. The van der Waals surface area contributed by atoms with E-state index in [4.69, 9.17) is 17.2 Å². The fraction of sp³-hybridized carbons (Fsp3) is 0.556. The number of primary amides is 2. The van der Waals surface area contributed by atoms with E-state index in [1.807, 2.05) is 0 Å². The highest BCUT2D eigenvalue weighted by Gasteiger charge is 2.25. The van der Waals surface area contributed by atoms with Gasteiger partial charge in [0.25, 0.3) is 0 Å². The van der Waals surface area contributed by atoms with Gasteiger partial charge in [0.1, 0.15) is 6.04 Å². The maximum Gasteiger partial charge on any atom is 0.242 e. The van der Waals surface area contributed by atoms with Crippen LogP contribution >= 0.6 is 0 Å². The number of nitrogens with one attached hydrogen (secondary N) is 2. The number of likely N-dealkylation sites (N-methyl/N-ethyl adjacent to an activating group) is 1. The van der Waals surface area contributed by atoms with Crippen molar-refractivity contribution in [1.29, 1.82) is 0 Å². The lowest BCUT2D eigenvalue weighted by Crippen LogP contribution is -2.52. The minimum Gasteiger partial charge on any atom is -0.370 e. The molecule has 9 heteroatoms. The van der Waals surface area contributed by atoms with E-state index in [1.165, 1.54) is 7.05 Å². The first kappa shape index (κ1) is 15.8. The predicted molar refractivity (Wildman–Crippen MR) is 61.6 cm³/mol. The van der Waals surface area contributed by atoms with Gasteiger partial charge in [-0.2, -0.15) is 0 Å². The summed E-state index contributed by atoms with van der Waals surface area (Å²) in [7, 11) is 1.34. The number of carbonyl (C=O) groups is 4. The predicted octanol–water partition coefficient (Wildman–Crippen LogP) is -3.70. The van der Waals surface area contributed by atoms with Crippen molar-refractivity contribution in [3.8, 4) is 0 Å². The van der Waals surface area contributed by atoms with Gasteiger partial charge in [0, 0.05) is 7.05 Å². The Balaban J connectivity index is 4.56. The van der Waals surface area contributed by atoms with Gasteiger partial charge < -0.3 is 27.8 Å². The molecule has 0 aromatic rings. The molecule has 0 rings (SSSR count). The van der Waals surface area contributed by atoms with Crippen LogP contribution in [0.1, 0.15) is 12.8 Å². The van der Waals surface area contributed by atoms with Crippen LogP contribution < -0.4 is 27.8 Å². The zero-order valence-electron chi connectivity index (χ0n) is 9.93. The van der Waals surface area contributed by atoms with Crippen molar-refractivity contribution in [2.24, 2.45) is 17.2 Å². The first-order valence-corrected chi connectivity index (χ1v) is 5.12. The molecule has 9 nitrogen and oxygen atoms in total. The molecule has 0 aromatic heterocycles. The van der Waals surface area contributed by atoms with Gasteiger partial charge >= 0.3 is 0 Å². The average molecular weight is 259 g/mol. The van der Waals surface area contributed by atoms with Crippen LogP contribution in [0.25, 0.3) is 0 Å². The summed E-state index contributed by atoms with van der Waals surface area (Å²) in [5, 5.41) is 4.48. The minimum absolute atomic E-state index is 0.358. The molecule has 8 N–H and O–H groups in total. The minimum atomic E-state index is -1.18. The summed E-state index contributed by atoms with van der Waals surface area (Å²) >= 11 is 0. The van der Waals surface area contributed by atoms with Crippen LogP contribution in [0, 0.1) is 0 Å². The molecule has 0 fully saturated rings. The molecule has 0 radical (unpaired) electrons. The third-order valence-corrected chi connectivity index (χ3v) is 2.04. The lowest BCUT2D eigenvalue weighted by molar-refractivity contribution is -0.132. The number of rotatable bonds is 7. The largest absolute Gasteiger partial charge is 0.370 e. The zero-order valence-corrected chi connectivity index (χ0v) is 9.93. The molecule has 0 aliphatic carbocycles. The molecule has 0 saturated carbocycles. The Morgan fingerprint density at radius 1 is 1.00 bits per heavy atom. The van der Waals surface area contributed by atoms with Gasteiger partial charge in [0.15, 0.2) is 0 Å². The highest BCUT2D eigenvalue weighted by Crippen LogP contribution is 1.95. The smallest absolute Gasteiger partial charge is 0.242 e. The Labute approximate surface area is 103 Å². The number of hydrogen-bond acceptors (Lipinski definition) is 5. The fourth-order valence-electron chi connectivity index (χ4n) is 1.17. The lowest BCUT2D eigenvalue weighted by Gasteiger charge is -2.18. The normalized spacial score (nSPS) is 13.2. The second-order valence-electron chi connectivity index (χ2n) is 3.62. The van der Waals surface area contributed by atoms with Gasteiger partial charge in [0.2, 0.25) is 23.6 Å². The molecular weight excluding hydrogens is 242 g/mol. The number of carbonyl (C=O) groups excluding carboxylic acids is 4. The van der Waals surface area contributed by atoms with Gasteiger partial charge in [-0.25, -0.2) is 0 Å². The second-order valence-corrected chi connectivity index (χ2v) is 3.62. The van der Waals surface area contributed by atoms with Crippen LogP contribution in [0.4, 0.5) is 0 Å². The van der Waals surface area contributed by atoms with Crippen molar-refractivity contribution in [3.05, 3.63) is 0 Å². The van der Waals surface area contributed by atoms with Gasteiger partial charge in [0.05, 0.1) is 18.9 Å². The molecule has 2 atom stereocenters. The molecule has 18 heavy (non-hydrogen) atoms. The Morgan fingerprint density at radius 3 is 1.89 bits per heavy atom. The Kier molecular flexibility index (Phi) is 6.35. The van der Waals surface area contributed by atoms with Crippen molar-refractivity contribution >= 4 is 23.6 Å². The Bertz CT molecular complexity index is 357. The van der Waals surface area contributed by atoms with E-state index >= 15 is 0 Å². The van der Waals surface area contributed by atoms with Crippen LogP contribution in [-0.2, 0) is 19.2 Å². The summed E-state index contributed by atoms with van der Waals surface area (Å²) < 4.78 is 0. The maximum absolute atomic E-state index is 11.5. The van der Waals surface area contributed by atoms with Crippen molar-refractivity contribution in [2.45, 2.75) is 24.9 Å². The highest BCUT2D eigenvalue weighted by molar-refractivity contribution is 5.94. The van der Waals surface area contributed by atoms with Crippen LogP contribution in [0.3, 0.4) is 0 Å². The van der Waals surface area contributed by atoms with Gasteiger partial charge in [-0.15, -0.1) is 0 Å². The van der Waals surface area contributed by atoms with E-state index in [2.05, 4.69) is 10.6 Å². The van der Waals surface area contributed by atoms with Crippen molar-refractivity contribution in [2.75, 3.05) is 7.05 Å². The topological polar surface area (TPSA) is 170 Å². The van der Waals surface area contributed by atoms with Crippen molar-refractivity contribution < 1.29 is 19.2 Å². The number of amides is 4. The number of nitrogens with two attached hydrogens (primary N) is 3. The van der Waals surface area contributed by atoms with Crippen LogP contribution in [-0.4, -0.2) is 42.8 Å². The average Bonchev–Trinajstić information content (AvgIpc) is 2.25.